The largest absolute Gasteiger partial charge is 0.326 e. The lowest BCUT2D eigenvalue weighted by atomic mass is 10.1. The topological polar surface area (TPSA) is 70.2 Å². The number of amides is 2. The smallest absolute Gasteiger partial charge is 0.238 e. The molecule has 0 aliphatic carbocycles. The predicted molar refractivity (Wildman–Crippen MR) is 77.1 cm³/mol. The molecule has 0 aliphatic rings. The number of rotatable bonds is 4. The van der Waals surface area contributed by atoms with Crippen LogP contribution in [0.15, 0.2) is 24.3 Å². The van der Waals surface area contributed by atoms with E-state index in [0.717, 1.165) is 0 Å². The maximum absolute atomic E-state index is 11.7. The molecule has 104 valence electrons. The second-order valence-electron chi connectivity index (χ2n) is 5.41. The minimum absolute atomic E-state index is 0.0907. The number of carbonyl (C=O) groups excluding carboxylic acids is 2. The van der Waals surface area contributed by atoms with Crippen molar-refractivity contribution in [2.24, 2.45) is 0 Å². The SMILES string of the molecule is CC(=O)Nc1ccc(NC(=O)CNC(C)(C)C)cc1. The van der Waals surface area contributed by atoms with E-state index in [1.165, 1.54) is 6.92 Å². The van der Waals surface area contributed by atoms with Crippen LogP contribution in [0.3, 0.4) is 0 Å². The van der Waals surface area contributed by atoms with Gasteiger partial charge in [0.1, 0.15) is 0 Å². The van der Waals surface area contributed by atoms with E-state index in [1.807, 2.05) is 20.8 Å². The summed E-state index contributed by atoms with van der Waals surface area (Å²) in [6.45, 7) is 7.72. The second-order valence-corrected chi connectivity index (χ2v) is 5.41. The Hall–Kier alpha value is -1.88. The molecule has 1 aromatic carbocycles. The van der Waals surface area contributed by atoms with Crippen LogP contribution >= 0.6 is 0 Å². The van der Waals surface area contributed by atoms with Crippen LogP contribution in [0.5, 0.6) is 0 Å². The lowest BCUT2D eigenvalue weighted by molar-refractivity contribution is -0.116. The third-order valence-electron chi connectivity index (χ3n) is 2.27. The first-order valence-electron chi connectivity index (χ1n) is 6.19. The van der Waals surface area contributed by atoms with Crippen molar-refractivity contribution in [1.29, 1.82) is 0 Å². The minimum atomic E-state index is -0.119. The van der Waals surface area contributed by atoms with Crippen molar-refractivity contribution in [1.82, 2.24) is 5.32 Å². The second kappa shape index (κ2) is 6.33. The van der Waals surface area contributed by atoms with E-state index < -0.39 is 0 Å². The Kier molecular flexibility index (Phi) is 5.06. The molecular weight excluding hydrogens is 242 g/mol. The highest BCUT2D eigenvalue weighted by atomic mass is 16.2. The van der Waals surface area contributed by atoms with E-state index in [9.17, 15) is 9.59 Å². The molecule has 5 nitrogen and oxygen atoms in total. The maximum atomic E-state index is 11.7. The van der Waals surface area contributed by atoms with Crippen molar-refractivity contribution in [3.63, 3.8) is 0 Å². The molecule has 0 aromatic heterocycles. The van der Waals surface area contributed by atoms with Gasteiger partial charge in [0.15, 0.2) is 0 Å². The van der Waals surface area contributed by atoms with Crippen LogP contribution in [0.4, 0.5) is 11.4 Å². The van der Waals surface area contributed by atoms with Gasteiger partial charge in [-0.05, 0) is 45.0 Å². The molecule has 0 heterocycles. The summed E-state index contributed by atoms with van der Waals surface area (Å²) < 4.78 is 0. The van der Waals surface area contributed by atoms with Crippen molar-refractivity contribution in [2.45, 2.75) is 33.2 Å². The molecule has 19 heavy (non-hydrogen) atoms. The van der Waals surface area contributed by atoms with E-state index >= 15 is 0 Å². The van der Waals surface area contributed by atoms with E-state index in [1.54, 1.807) is 24.3 Å². The summed E-state index contributed by atoms with van der Waals surface area (Å²) in [5.74, 6) is -0.214. The van der Waals surface area contributed by atoms with Crippen LogP contribution in [0.2, 0.25) is 0 Å². The average molecular weight is 263 g/mol. The highest BCUT2D eigenvalue weighted by Crippen LogP contribution is 2.13. The Morgan fingerprint density at radius 3 is 1.89 bits per heavy atom. The minimum Gasteiger partial charge on any atom is -0.326 e. The third kappa shape index (κ3) is 6.57. The number of hydrogen-bond acceptors (Lipinski definition) is 3. The Labute approximate surface area is 113 Å². The number of carbonyl (C=O) groups is 2. The zero-order valence-electron chi connectivity index (χ0n) is 11.8. The van der Waals surface area contributed by atoms with Gasteiger partial charge in [-0.3, -0.25) is 9.59 Å². The van der Waals surface area contributed by atoms with Gasteiger partial charge < -0.3 is 16.0 Å². The molecular formula is C14H21N3O2. The molecule has 2 amide bonds. The Balaban J connectivity index is 2.49. The van der Waals surface area contributed by atoms with E-state index in [2.05, 4.69) is 16.0 Å². The van der Waals surface area contributed by atoms with Crippen LogP contribution in [0.25, 0.3) is 0 Å². The summed E-state index contributed by atoms with van der Waals surface area (Å²) in [4.78, 5) is 22.5. The first-order chi connectivity index (χ1) is 8.76. The fourth-order valence-corrected chi connectivity index (χ4v) is 1.39. The van der Waals surface area contributed by atoms with Gasteiger partial charge in [-0.15, -0.1) is 0 Å². The van der Waals surface area contributed by atoms with Crippen LogP contribution in [0.1, 0.15) is 27.7 Å². The Morgan fingerprint density at radius 2 is 1.47 bits per heavy atom. The van der Waals surface area contributed by atoms with Gasteiger partial charge in [-0.2, -0.15) is 0 Å². The van der Waals surface area contributed by atoms with E-state index in [4.69, 9.17) is 0 Å². The van der Waals surface area contributed by atoms with Crippen molar-refractivity contribution in [2.75, 3.05) is 17.2 Å². The lowest BCUT2D eigenvalue weighted by Gasteiger charge is -2.20. The lowest BCUT2D eigenvalue weighted by Crippen LogP contribution is -2.41. The number of nitrogens with one attached hydrogen (secondary N) is 3. The van der Waals surface area contributed by atoms with Crippen LogP contribution in [-0.4, -0.2) is 23.9 Å². The summed E-state index contributed by atoms with van der Waals surface area (Å²) in [6, 6.07) is 6.99. The standard InChI is InChI=1S/C14H21N3O2/c1-10(18)16-11-5-7-12(8-6-11)17-13(19)9-15-14(2,3)4/h5-8,15H,9H2,1-4H3,(H,16,18)(H,17,19). The van der Waals surface area contributed by atoms with Crippen molar-refractivity contribution in [3.8, 4) is 0 Å². The molecule has 0 saturated carbocycles. The maximum Gasteiger partial charge on any atom is 0.238 e. The number of hydrogen-bond donors (Lipinski definition) is 3. The zero-order chi connectivity index (χ0) is 14.5. The molecule has 0 bridgehead atoms. The fourth-order valence-electron chi connectivity index (χ4n) is 1.39. The van der Waals surface area contributed by atoms with Gasteiger partial charge in [0.05, 0.1) is 6.54 Å². The molecule has 0 fully saturated rings. The molecule has 0 radical (unpaired) electrons. The summed E-state index contributed by atoms with van der Waals surface area (Å²) in [7, 11) is 0. The number of anilines is 2. The highest BCUT2D eigenvalue weighted by molar-refractivity contribution is 5.93. The van der Waals surface area contributed by atoms with Crippen molar-refractivity contribution in [3.05, 3.63) is 24.3 Å². The summed E-state index contributed by atoms with van der Waals surface area (Å²) in [6.07, 6.45) is 0. The van der Waals surface area contributed by atoms with Crippen molar-refractivity contribution < 1.29 is 9.59 Å². The number of benzene rings is 1. The molecule has 0 unspecified atom stereocenters. The first kappa shape index (κ1) is 15.2. The van der Waals surface area contributed by atoms with Gasteiger partial charge >= 0.3 is 0 Å². The van der Waals surface area contributed by atoms with Crippen LogP contribution in [-0.2, 0) is 9.59 Å². The molecule has 5 heteroatoms. The molecule has 0 atom stereocenters. The highest BCUT2D eigenvalue weighted by Gasteiger charge is 2.11. The quantitative estimate of drug-likeness (QED) is 0.778. The third-order valence-corrected chi connectivity index (χ3v) is 2.27. The molecule has 0 spiro atoms. The van der Waals surface area contributed by atoms with Gasteiger partial charge in [-0.1, -0.05) is 0 Å². The van der Waals surface area contributed by atoms with Gasteiger partial charge in [-0.25, -0.2) is 0 Å². The van der Waals surface area contributed by atoms with Crippen LogP contribution < -0.4 is 16.0 Å². The fraction of sp³-hybridized carbons (Fsp3) is 0.429. The Morgan fingerprint density at radius 1 is 1.00 bits per heavy atom. The summed E-state index contributed by atoms with van der Waals surface area (Å²) >= 11 is 0. The average Bonchev–Trinajstić information content (AvgIpc) is 2.28. The van der Waals surface area contributed by atoms with Gasteiger partial charge in [0.25, 0.3) is 0 Å². The normalized spacial score (nSPS) is 10.9. The van der Waals surface area contributed by atoms with Gasteiger partial charge in [0, 0.05) is 23.8 Å². The van der Waals surface area contributed by atoms with Crippen LogP contribution in [0, 0.1) is 0 Å². The molecule has 1 rings (SSSR count). The van der Waals surface area contributed by atoms with E-state index in [-0.39, 0.29) is 23.9 Å². The van der Waals surface area contributed by atoms with Gasteiger partial charge in [0.2, 0.25) is 11.8 Å². The molecule has 0 aliphatic heterocycles. The zero-order valence-corrected chi connectivity index (χ0v) is 11.8. The summed E-state index contributed by atoms with van der Waals surface area (Å²) in [5, 5.41) is 8.56. The molecule has 1 aromatic rings. The monoisotopic (exact) mass is 263 g/mol. The summed E-state index contributed by atoms with van der Waals surface area (Å²) in [5.41, 5.74) is 1.32. The Bertz CT molecular complexity index is 447. The first-order valence-corrected chi connectivity index (χ1v) is 6.19. The molecule has 3 N–H and O–H groups in total. The predicted octanol–water partition coefficient (Wildman–Crippen LogP) is 1.97. The van der Waals surface area contributed by atoms with Crippen molar-refractivity contribution >= 4 is 23.2 Å². The molecule has 0 saturated heterocycles. The van der Waals surface area contributed by atoms with E-state index in [0.29, 0.717) is 11.4 Å².